The number of pyridine rings is 1. The molecule has 10 nitrogen and oxygen atoms in total. The van der Waals surface area contributed by atoms with E-state index in [0.29, 0.717) is 32.5 Å². The summed E-state index contributed by atoms with van der Waals surface area (Å²) in [7, 11) is 1.31. The minimum absolute atomic E-state index is 0.0496. The molecule has 0 bridgehead atoms. The first kappa shape index (κ1) is 24.8. The molecule has 0 spiro atoms. The summed E-state index contributed by atoms with van der Waals surface area (Å²) >= 11 is 0. The van der Waals surface area contributed by atoms with Gasteiger partial charge in [0.15, 0.2) is 0 Å². The summed E-state index contributed by atoms with van der Waals surface area (Å²) in [6.07, 6.45) is 3.57. The first-order valence-electron chi connectivity index (χ1n) is 11.4. The van der Waals surface area contributed by atoms with E-state index in [1.807, 2.05) is 37.8 Å². The van der Waals surface area contributed by atoms with Crippen molar-refractivity contribution < 1.29 is 23.9 Å². The van der Waals surface area contributed by atoms with Crippen molar-refractivity contribution >= 4 is 23.7 Å². The van der Waals surface area contributed by atoms with Crippen LogP contribution in [0.25, 0.3) is 0 Å². The second-order valence-electron chi connectivity index (χ2n) is 9.39. The molecular weight excluding hydrogens is 426 g/mol. The largest absolute Gasteiger partial charge is 0.468 e. The van der Waals surface area contributed by atoms with Crippen molar-refractivity contribution in [2.75, 3.05) is 51.3 Å². The van der Waals surface area contributed by atoms with Crippen LogP contribution in [0.1, 0.15) is 33.6 Å². The van der Waals surface area contributed by atoms with E-state index < -0.39 is 23.8 Å². The number of carbonyl (C=O) groups excluding carboxylic acids is 3. The lowest BCUT2D eigenvalue weighted by molar-refractivity contribution is -0.140. The molecule has 2 aliphatic rings. The number of carbonyl (C=O) groups is 3. The van der Waals surface area contributed by atoms with Gasteiger partial charge in [0.05, 0.1) is 19.8 Å². The Hall–Kier alpha value is -2.88. The molecule has 2 amide bonds. The predicted octanol–water partition coefficient (Wildman–Crippen LogP) is 1.47. The zero-order chi connectivity index (χ0) is 24.0. The standard InChI is InChI=1S/C23H35N5O5/c1-23(2,3)33-22(31)28-10-7-17(15-19(28)25-16-20(29)32-4)21(30)27-13-11-26(12-14-27)18-5-8-24-9-6-18/h5-6,8-9,17,19,25H,7,10-16H2,1-4H3. The summed E-state index contributed by atoms with van der Waals surface area (Å²) in [5, 5.41) is 3.07. The lowest BCUT2D eigenvalue weighted by atomic mass is 9.92. The number of esters is 1. The van der Waals surface area contributed by atoms with Crippen molar-refractivity contribution in [3.8, 4) is 0 Å². The molecule has 2 unspecified atom stereocenters. The second-order valence-corrected chi connectivity index (χ2v) is 9.39. The van der Waals surface area contributed by atoms with Crippen LogP contribution in [0.15, 0.2) is 24.5 Å². The van der Waals surface area contributed by atoms with Gasteiger partial charge in [-0.05, 0) is 45.7 Å². The number of likely N-dealkylation sites (tertiary alicyclic amines) is 1. The number of amides is 2. The molecule has 2 atom stereocenters. The number of nitrogens with one attached hydrogen (secondary N) is 1. The van der Waals surface area contributed by atoms with E-state index in [2.05, 4.69) is 15.2 Å². The minimum atomic E-state index is -0.634. The molecule has 2 saturated heterocycles. The number of methoxy groups -OCH3 is 1. The monoisotopic (exact) mass is 461 g/mol. The fourth-order valence-corrected chi connectivity index (χ4v) is 4.19. The summed E-state index contributed by atoms with van der Waals surface area (Å²) in [6.45, 7) is 8.57. The highest BCUT2D eigenvalue weighted by Gasteiger charge is 2.38. The van der Waals surface area contributed by atoms with Crippen molar-refractivity contribution in [1.29, 1.82) is 0 Å². The lowest BCUT2D eigenvalue weighted by Crippen LogP contribution is -2.58. The van der Waals surface area contributed by atoms with Gasteiger partial charge in [0.2, 0.25) is 5.91 Å². The third-order valence-corrected chi connectivity index (χ3v) is 5.91. The van der Waals surface area contributed by atoms with Crippen LogP contribution in [-0.4, -0.2) is 90.9 Å². The van der Waals surface area contributed by atoms with Gasteiger partial charge in [0, 0.05) is 56.7 Å². The number of piperazine rings is 1. The van der Waals surface area contributed by atoms with Crippen LogP contribution in [0.5, 0.6) is 0 Å². The van der Waals surface area contributed by atoms with Crippen LogP contribution in [0.3, 0.4) is 0 Å². The molecule has 3 heterocycles. The van der Waals surface area contributed by atoms with E-state index >= 15 is 0 Å². The zero-order valence-corrected chi connectivity index (χ0v) is 20.0. The molecule has 2 aliphatic heterocycles. The van der Waals surface area contributed by atoms with Crippen molar-refractivity contribution in [1.82, 2.24) is 20.1 Å². The van der Waals surface area contributed by atoms with Crippen LogP contribution in [0.2, 0.25) is 0 Å². The van der Waals surface area contributed by atoms with E-state index in [-0.39, 0.29) is 18.4 Å². The first-order valence-corrected chi connectivity index (χ1v) is 11.4. The predicted molar refractivity (Wildman–Crippen MR) is 123 cm³/mol. The second kappa shape index (κ2) is 10.8. The molecule has 1 aromatic heterocycles. The van der Waals surface area contributed by atoms with Gasteiger partial charge in [0.25, 0.3) is 0 Å². The molecule has 1 N–H and O–H groups in total. The number of aromatic nitrogens is 1. The third-order valence-electron chi connectivity index (χ3n) is 5.91. The maximum Gasteiger partial charge on any atom is 0.411 e. The average molecular weight is 462 g/mol. The number of piperidine rings is 1. The highest BCUT2D eigenvalue weighted by atomic mass is 16.6. The van der Waals surface area contributed by atoms with Crippen molar-refractivity contribution in [2.45, 2.75) is 45.4 Å². The maximum absolute atomic E-state index is 13.3. The Morgan fingerprint density at radius 1 is 1.09 bits per heavy atom. The Morgan fingerprint density at radius 2 is 1.76 bits per heavy atom. The highest BCUT2D eigenvalue weighted by Crippen LogP contribution is 2.26. The van der Waals surface area contributed by atoms with Gasteiger partial charge >= 0.3 is 12.1 Å². The molecule has 3 rings (SSSR count). The van der Waals surface area contributed by atoms with Crippen LogP contribution >= 0.6 is 0 Å². The maximum atomic E-state index is 13.3. The SMILES string of the molecule is COC(=O)CNC1CC(C(=O)N2CCN(c3ccncc3)CC2)CCN1C(=O)OC(C)(C)C. The molecule has 10 heteroatoms. The summed E-state index contributed by atoms with van der Waals surface area (Å²) < 4.78 is 10.2. The van der Waals surface area contributed by atoms with Crippen LogP contribution in [0, 0.1) is 5.92 Å². The van der Waals surface area contributed by atoms with Gasteiger partial charge in [-0.25, -0.2) is 4.79 Å². The summed E-state index contributed by atoms with van der Waals surface area (Å²) in [4.78, 5) is 47.5. The molecule has 0 aliphatic carbocycles. The van der Waals surface area contributed by atoms with E-state index in [4.69, 9.17) is 9.47 Å². The molecule has 0 saturated carbocycles. The van der Waals surface area contributed by atoms with Crippen LogP contribution in [0.4, 0.5) is 10.5 Å². The van der Waals surface area contributed by atoms with E-state index in [1.54, 1.807) is 17.3 Å². The van der Waals surface area contributed by atoms with Gasteiger partial charge in [-0.15, -0.1) is 0 Å². The average Bonchev–Trinajstić information content (AvgIpc) is 2.81. The molecular formula is C23H35N5O5. The van der Waals surface area contributed by atoms with E-state index in [0.717, 1.165) is 18.8 Å². The number of hydrogen-bond acceptors (Lipinski definition) is 8. The van der Waals surface area contributed by atoms with Crippen molar-refractivity contribution in [3.63, 3.8) is 0 Å². The molecule has 1 aromatic rings. The molecule has 0 radical (unpaired) electrons. The Kier molecular flexibility index (Phi) is 8.12. The summed E-state index contributed by atoms with van der Waals surface area (Å²) in [6, 6.07) is 3.95. The fourth-order valence-electron chi connectivity index (χ4n) is 4.19. The smallest absolute Gasteiger partial charge is 0.411 e. The molecule has 2 fully saturated rings. The highest BCUT2D eigenvalue weighted by molar-refractivity contribution is 5.80. The normalized spacial score (nSPS) is 21.5. The topological polar surface area (TPSA) is 104 Å². The summed E-state index contributed by atoms with van der Waals surface area (Å²) in [5.41, 5.74) is 0.473. The van der Waals surface area contributed by atoms with E-state index in [9.17, 15) is 14.4 Å². The van der Waals surface area contributed by atoms with Crippen LogP contribution in [-0.2, 0) is 19.1 Å². The van der Waals surface area contributed by atoms with Gasteiger partial charge in [0.1, 0.15) is 5.60 Å². The minimum Gasteiger partial charge on any atom is -0.468 e. The van der Waals surface area contributed by atoms with Gasteiger partial charge in [-0.1, -0.05) is 0 Å². The Bertz CT molecular complexity index is 820. The lowest BCUT2D eigenvalue weighted by Gasteiger charge is -2.42. The number of anilines is 1. The molecule has 0 aromatic carbocycles. The van der Waals surface area contributed by atoms with Crippen molar-refractivity contribution in [2.24, 2.45) is 5.92 Å². The quantitative estimate of drug-likeness (QED) is 0.658. The first-order chi connectivity index (χ1) is 15.7. The number of ether oxygens (including phenoxy) is 2. The molecule has 33 heavy (non-hydrogen) atoms. The molecule has 182 valence electrons. The third kappa shape index (κ3) is 6.80. The Morgan fingerprint density at radius 3 is 2.36 bits per heavy atom. The van der Waals surface area contributed by atoms with Gasteiger partial charge < -0.3 is 19.3 Å². The number of nitrogens with zero attached hydrogens (tertiary/aromatic N) is 4. The zero-order valence-electron chi connectivity index (χ0n) is 20.0. The van der Waals surface area contributed by atoms with Gasteiger partial charge in [-0.3, -0.25) is 24.8 Å². The van der Waals surface area contributed by atoms with E-state index in [1.165, 1.54) is 7.11 Å². The summed E-state index contributed by atoms with van der Waals surface area (Å²) in [5.74, 6) is -0.566. The van der Waals surface area contributed by atoms with Gasteiger partial charge in [-0.2, -0.15) is 0 Å². The Labute approximate surface area is 195 Å². The van der Waals surface area contributed by atoms with Crippen LogP contribution < -0.4 is 10.2 Å². The Balaban J connectivity index is 1.61. The fraction of sp³-hybridized carbons (Fsp3) is 0.652. The number of rotatable bonds is 5. The number of hydrogen-bond donors (Lipinski definition) is 1. The van der Waals surface area contributed by atoms with Crippen molar-refractivity contribution in [3.05, 3.63) is 24.5 Å².